The molecule has 0 amide bonds. The van der Waals surface area contributed by atoms with Crippen molar-refractivity contribution < 1.29 is 26.3 Å². The van der Waals surface area contributed by atoms with Crippen molar-refractivity contribution in [2.45, 2.75) is 17.2 Å². The molecular formula is C15H13F3N2O3S. The van der Waals surface area contributed by atoms with Crippen LogP contribution < -0.4 is 4.74 Å². The molecule has 0 spiro atoms. The number of hydrogen-bond donors (Lipinski definition) is 0. The molecule has 1 aliphatic rings. The molecule has 2 aromatic rings. The zero-order chi connectivity index (χ0) is 17.4. The number of alkyl halides is 3. The van der Waals surface area contributed by atoms with E-state index in [9.17, 15) is 21.6 Å². The molecule has 1 aromatic heterocycles. The summed E-state index contributed by atoms with van der Waals surface area (Å²) in [5.74, 6) is -0.174. The van der Waals surface area contributed by atoms with Crippen molar-refractivity contribution in [3.05, 3.63) is 54.2 Å². The molecule has 0 saturated carbocycles. The largest absolute Gasteiger partial charge is 0.472 e. The number of ether oxygens (including phenoxy) is 1. The number of sulfonamides is 1. The predicted molar refractivity (Wildman–Crippen MR) is 78.9 cm³/mol. The molecule has 0 unspecified atom stereocenters. The normalized spacial score (nSPS) is 16.6. The number of nitrogens with zero attached hydrogens (tertiary/aromatic N) is 2. The van der Waals surface area contributed by atoms with Crippen LogP contribution in [0.15, 0.2) is 53.6 Å². The fourth-order valence-corrected chi connectivity index (χ4v) is 3.76. The topological polar surface area (TPSA) is 59.5 Å². The molecule has 5 nitrogen and oxygen atoms in total. The van der Waals surface area contributed by atoms with Gasteiger partial charge in [-0.05, 0) is 18.2 Å². The van der Waals surface area contributed by atoms with Crippen molar-refractivity contribution in [1.82, 2.24) is 9.29 Å². The van der Waals surface area contributed by atoms with Crippen LogP contribution >= 0.6 is 0 Å². The summed E-state index contributed by atoms with van der Waals surface area (Å²) in [6.45, 7) is 0.129. The van der Waals surface area contributed by atoms with Gasteiger partial charge in [0.25, 0.3) is 0 Å². The highest BCUT2D eigenvalue weighted by Gasteiger charge is 2.38. The molecule has 0 N–H and O–H groups in total. The van der Waals surface area contributed by atoms with E-state index in [2.05, 4.69) is 4.98 Å². The Balaban J connectivity index is 1.64. The van der Waals surface area contributed by atoms with Crippen LogP contribution in [0.4, 0.5) is 13.2 Å². The lowest BCUT2D eigenvalue weighted by atomic mass is 10.2. The average Bonchev–Trinajstić information content (AvgIpc) is 2.50. The van der Waals surface area contributed by atoms with E-state index in [1.54, 1.807) is 18.2 Å². The van der Waals surface area contributed by atoms with Crippen molar-refractivity contribution >= 4 is 10.0 Å². The highest BCUT2D eigenvalue weighted by Crippen LogP contribution is 2.31. The van der Waals surface area contributed by atoms with Crippen molar-refractivity contribution in [2.75, 3.05) is 13.1 Å². The molecule has 0 atom stereocenters. The maximum atomic E-state index is 12.6. The third-order valence-electron chi connectivity index (χ3n) is 3.55. The van der Waals surface area contributed by atoms with E-state index in [-0.39, 0.29) is 23.9 Å². The molecule has 1 fully saturated rings. The maximum absolute atomic E-state index is 12.6. The van der Waals surface area contributed by atoms with Gasteiger partial charge >= 0.3 is 6.18 Å². The molecule has 0 aliphatic carbocycles. The fourth-order valence-electron chi connectivity index (χ4n) is 2.23. The van der Waals surface area contributed by atoms with E-state index >= 15 is 0 Å². The van der Waals surface area contributed by atoms with Crippen LogP contribution in [-0.2, 0) is 16.2 Å². The minimum absolute atomic E-state index is 0.0646. The lowest BCUT2D eigenvalue weighted by Gasteiger charge is -2.37. The first-order valence-corrected chi connectivity index (χ1v) is 8.46. The number of pyridine rings is 1. The van der Waals surface area contributed by atoms with Crippen molar-refractivity contribution in [3.63, 3.8) is 0 Å². The second-order valence-corrected chi connectivity index (χ2v) is 7.19. The summed E-state index contributed by atoms with van der Waals surface area (Å²) in [6, 6.07) is 9.56. The number of rotatable bonds is 4. The summed E-state index contributed by atoms with van der Waals surface area (Å²) in [5.41, 5.74) is -0.861. The van der Waals surface area contributed by atoms with E-state index < -0.39 is 27.9 Å². The number of hydrogen-bond acceptors (Lipinski definition) is 4. The van der Waals surface area contributed by atoms with Gasteiger partial charge in [-0.1, -0.05) is 18.2 Å². The molecule has 1 aromatic carbocycles. The molecular weight excluding hydrogens is 345 g/mol. The summed E-state index contributed by atoms with van der Waals surface area (Å²) < 4.78 is 69.1. The Bertz CT molecular complexity index is 819. The lowest BCUT2D eigenvalue weighted by Crippen LogP contribution is -2.56. The van der Waals surface area contributed by atoms with E-state index in [0.717, 1.165) is 18.3 Å². The van der Waals surface area contributed by atoms with E-state index in [1.165, 1.54) is 16.4 Å². The molecule has 1 saturated heterocycles. The third kappa shape index (κ3) is 3.36. The zero-order valence-corrected chi connectivity index (χ0v) is 13.1. The summed E-state index contributed by atoms with van der Waals surface area (Å²) in [7, 11) is -3.61. The molecule has 1 aliphatic heterocycles. The van der Waals surface area contributed by atoms with Crippen molar-refractivity contribution in [3.8, 4) is 5.88 Å². The van der Waals surface area contributed by atoms with E-state index in [0.29, 0.717) is 0 Å². The first-order chi connectivity index (χ1) is 11.3. The Hall–Kier alpha value is -2.13. The second-order valence-electron chi connectivity index (χ2n) is 5.26. The van der Waals surface area contributed by atoms with Crippen LogP contribution in [-0.4, -0.2) is 36.9 Å². The van der Waals surface area contributed by atoms with Gasteiger partial charge in [0, 0.05) is 12.3 Å². The van der Waals surface area contributed by atoms with Crippen molar-refractivity contribution in [2.24, 2.45) is 0 Å². The summed E-state index contributed by atoms with van der Waals surface area (Å²) in [5, 5.41) is 0. The Kier molecular flexibility index (Phi) is 4.22. The van der Waals surface area contributed by atoms with Gasteiger partial charge in [-0.25, -0.2) is 13.4 Å². The van der Waals surface area contributed by atoms with Gasteiger partial charge in [-0.2, -0.15) is 17.5 Å². The van der Waals surface area contributed by atoms with Gasteiger partial charge in [-0.3, -0.25) is 0 Å². The van der Waals surface area contributed by atoms with E-state index in [1.807, 2.05) is 0 Å². The molecule has 2 heterocycles. The van der Waals surface area contributed by atoms with E-state index in [4.69, 9.17) is 4.74 Å². The minimum atomic E-state index is -4.48. The van der Waals surface area contributed by atoms with Gasteiger partial charge < -0.3 is 4.74 Å². The molecule has 3 rings (SSSR count). The fraction of sp³-hybridized carbons (Fsp3) is 0.267. The summed E-state index contributed by atoms with van der Waals surface area (Å²) >= 11 is 0. The second kappa shape index (κ2) is 6.06. The van der Waals surface area contributed by atoms with Crippen LogP contribution in [0.1, 0.15) is 5.56 Å². The Morgan fingerprint density at radius 2 is 1.79 bits per heavy atom. The van der Waals surface area contributed by atoms with Gasteiger partial charge in [0.1, 0.15) is 6.10 Å². The monoisotopic (exact) mass is 358 g/mol. The minimum Gasteiger partial charge on any atom is -0.472 e. The molecule has 0 bridgehead atoms. The van der Waals surface area contributed by atoms with Crippen LogP contribution in [0.3, 0.4) is 0 Å². The quantitative estimate of drug-likeness (QED) is 0.843. The summed E-state index contributed by atoms with van der Waals surface area (Å²) in [6.07, 6.45) is -4.00. The smallest absolute Gasteiger partial charge is 0.416 e. The maximum Gasteiger partial charge on any atom is 0.416 e. The van der Waals surface area contributed by atoms with Crippen LogP contribution in [0.25, 0.3) is 0 Å². The van der Waals surface area contributed by atoms with Gasteiger partial charge in [0.15, 0.2) is 0 Å². The van der Waals surface area contributed by atoms with Gasteiger partial charge in [0.05, 0.1) is 23.5 Å². The van der Waals surface area contributed by atoms with Crippen LogP contribution in [0.2, 0.25) is 0 Å². The standard InChI is InChI=1S/C15H13F3N2O3S/c16-15(17,18)11-6-7-19-14(8-11)23-12-9-20(10-12)24(21,22)13-4-2-1-3-5-13/h1-8,12H,9-10H2. The average molecular weight is 358 g/mol. The first-order valence-electron chi connectivity index (χ1n) is 7.02. The number of aromatic nitrogens is 1. The molecule has 9 heteroatoms. The lowest BCUT2D eigenvalue weighted by molar-refractivity contribution is -0.137. The third-order valence-corrected chi connectivity index (χ3v) is 5.39. The Labute approximate surface area is 136 Å². The first kappa shape index (κ1) is 16.7. The van der Waals surface area contributed by atoms with Gasteiger partial charge in [0.2, 0.25) is 15.9 Å². The van der Waals surface area contributed by atoms with Crippen LogP contribution in [0, 0.1) is 0 Å². The zero-order valence-electron chi connectivity index (χ0n) is 12.3. The van der Waals surface area contributed by atoms with Crippen molar-refractivity contribution in [1.29, 1.82) is 0 Å². The number of benzene rings is 1. The van der Waals surface area contributed by atoms with Crippen LogP contribution in [0.5, 0.6) is 5.88 Å². The highest BCUT2D eigenvalue weighted by molar-refractivity contribution is 7.89. The number of halogens is 3. The summed E-state index contributed by atoms with van der Waals surface area (Å²) in [4.78, 5) is 3.90. The van der Waals surface area contributed by atoms with Gasteiger partial charge in [-0.15, -0.1) is 0 Å². The Morgan fingerprint density at radius 3 is 2.42 bits per heavy atom. The highest BCUT2D eigenvalue weighted by atomic mass is 32.2. The molecule has 128 valence electrons. The molecule has 0 radical (unpaired) electrons. The Morgan fingerprint density at radius 1 is 1.12 bits per heavy atom. The SMILES string of the molecule is O=S(=O)(c1ccccc1)N1CC(Oc2cc(C(F)(F)F)ccn2)C1. The predicted octanol–water partition coefficient (Wildman–Crippen LogP) is 2.55. The molecule has 24 heavy (non-hydrogen) atoms.